The number of nitrogens with one attached hydrogen (secondary N) is 1. The van der Waals surface area contributed by atoms with Gasteiger partial charge in [0.2, 0.25) is 0 Å². The number of para-hydroxylation sites is 1. The molecule has 5 rings (SSSR count). The first-order chi connectivity index (χ1) is 14.7. The monoisotopic (exact) mass is 401 g/mol. The Morgan fingerprint density at radius 2 is 1.50 bits per heavy atom. The molecular weight excluding hydrogens is 382 g/mol. The van der Waals surface area contributed by atoms with Gasteiger partial charge >= 0.3 is 0 Å². The van der Waals surface area contributed by atoms with Crippen LogP contribution in [0.5, 0.6) is 17.2 Å². The van der Waals surface area contributed by atoms with Gasteiger partial charge in [0.15, 0.2) is 11.0 Å². The molecule has 30 heavy (non-hydrogen) atoms. The zero-order valence-corrected chi connectivity index (χ0v) is 16.7. The van der Waals surface area contributed by atoms with Crippen molar-refractivity contribution in [2.45, 2.75) is 0 Å². The van der Waals surface area contributed by atoms with Crippen molar-refractivity contribution in [1.29, 1.82) is 0 Å². The minimum Gasteiger partial charge on any atom is -0.496 e. The molecule has 0 amide bonds. The Kier molecular flexibility index (Phi) is 4.13. The number of rotatable bonds is 4. The summed E-state index contributed by atoms with van der Waals surface area (Å²) in [5.41, 5.74) is 2.04. The van der Waals surface area contributed by atoms with E-state index >= 15 is 0 Å². The van der Waals surface area contributed by atoms with Crippen LogP contribution in [-0.4, -0.2) is 26.3 Å². The van der Waals surface area contributed by atoms with Gasteiger partial charge < -0.3 is 23.6 Å². The highest BCUT2D eigenvalue weighted by atomic mass is 16.5. The Morgan fingerprint density at radius 1 is 0.800 bits per heavy atom. The molecule has 0 bridgehead atoms. The average Bonchev–Trinajstić information content (AvgIpc) is 3.22. The summed E-state index contributed by atoms with van der Waals surface area (Å²) in [6.45, 7) is 0. The Bertz CT molecular complexity index is 1480. The van der Waals surface area contributed by atoms with Gasteiger partial charge in [-0.15, -0.1) is 0 Å². The highest BCUT2D eigenvalue weighted by Crippen LogP contribution is 2.44. The maximum atomic E-state index is 13.1. The first-order valence-corrected chi connectivity index (χ1v) is 9.42. The zero-order valence-electron chi connectivity index (χ0n) is 16.7. The number of ether oxygens (including phenoxy) is 3. The van der Waals surface area contributed by atoms with Crippen LogP contribution in [0.15, 0.2) is 63.9 Å². The first kappa shape index (κ1) is 18.1. The first-order valence-electron chi connectivity index (χ1n) is 9.42. The second kappa shape index (κ2) is 6.84. The molecular formula is C24H19NO5. The quantitative estimate of drug-likeness (QED) is 0.423. The van der Waals surface area contributed by atoms with Crippen molar-refractivity contribution >= 4 is 32.6 Å². The maximum Gasteiger partial charge on any atom is 0.193 e. The van der Waals surface area contributed by atoms with E-state index in [0.29, 0.717) is 44.8 Å². The van der Waals surface area contributed by atoms with Gasteiger partial charge in [-0.25, -0.2) is 0 Å². The highest BCUT2D eigenvalue weighted by Gasteiger charge is 2.21. The van der Waals surface area contributed by atoms with Crippen LogP contribution in [-0.2, 0) is 0 Å². The van der Waals surface area contributed by atoms with Crippen molar-refractivity contribution in [1.82, 2.24) is 4.98 Å². The molecule has 6 nitrogen and oxygen atoms in total. The van der Waals surface area contributed by atoms with E-state index in [1.165, 1.54) is 6.07 Å². The van der Waals surface area contributed by atoms with Crippen LogP contribution in [0.25, 0.3) is 44.0 Å². The fourth-order valence-corrected chi connectivity index (χ4v) is 3.97. The number of aromatic amines is 1. The van der Waals surface area contributed by atoms with E-state index in [1.807, 2.05) is 30.5 Å². The van der Waals surface area contributed by atoms with Gasteiger partial charge in [-0.3, -0.25) is 4.79 Å². The van der Waals surface area contributed by atoms with Gasteiger partial charge in [0.25, 0.3) is 0 Å². The molecule has 5 aromatic rings. The molecule has 0 spiro atoms. The third-order valence-corrected chi connectivity index (χ3v) is 5.38. The zero-order chi connectivity index (χ0) is 20.8. The molecule has 0 aliphatic carbocycles. The van der Waals surface area contributed by atoms with Crippen LogP contribution in [0.4, 0.5) is 0 Å². The summed E-state index contributed by atoms with van der Waals surface area (Å²) in [7, 11) is 4.72. The summed E-state index contributed by atoms with van der Waals surface area (Å²) in [6, 6.07) is 14.7. The number of benzene rings is 3. The van der Waals surface area contributed by atoms with Crippen LogP contribution in [0, 0.1) is 0 Å². The normalized spacial score (nSPS) is 11.3. The number of hydrogen-bond acceptors (Lipinski definition) is 5. The van der Waals surface area contributed by atoms with Crippen LogP contribution < -0.4 is 19.6 Å². The standard InChI is InChI=1S/C24H19NO5/c1-27-18-8-9-19(28-2)23-22(18)21(29-3)10-14-17(26)11-20(30-24(14)23)15-12-25-16-7-5-4-6-13(15)16/h4-12,25H,1-3H3. The van der Waals surface area contributed by atoms with Gasteiger partial charge in [-0.1, -0.05) is 18.2 Å². The van der Waals surface area contributed by atoms with Crippen LogP contribution >= 0.6 is 0 Å². The lowest BCUT2D eigenvalue weighted by atomic mass is 10.0. The van der Waals surface area contributed by atoms with Crippen LogP contribution in [0.1, 0.15) is 0 Å². The second-order valence-corrected chi connectivity index (χ2v) is 6.90. The van der Waals surface area contributed by atoms with Crippen LogP contribution in [0.2, 0.25) is 0 Å². The smallest absolute Gasteiger partial charge is 0.193 e. The Labute approximate surface area is 171 Å². The summed E-state index contributed by atoms with van der Waals surface area (Å²) in [4.78, 5) is 16.3. The Hall–Kier alpha value is -3.93. The molecule has 2 aromatic heterocycles. The molecule has 0 aliphatic rings. The molecule has 2 heterocycles. The number of methoxy groups -OCH3 is 3. The molecule has 3 aromatic carbocycles. The van der Waals surface area contributed by atoms with Gasteiger partial charge in [-0.2, -0.15) is 0 Å². The number of hydrogen-bond donors (Lipinski definition) is 1. The molecule has 0 saturated heterocycles. The third kappa shape index (κ3) is 2.54. The molecule has 1 N–H and O–H groups in total. The van der Waals surface area contributed by atoms with Gasteiger partial charge in [-0.05, 0) is 24.3 Å². The van der Waals surface area contributed by atoms with E-state index in [1.54, 1.807) is 39.5 Å². The van der Waals surface area contributed by atoms with E-state index in [-0.39, 0.29) is 5.43 Å². The van der Waals surface area contributed by atoms with Gasteiger partial charge in [0, 0.05) is 28.7 Å². The minimum absolute atomic E-state index is 0.165. The summed E-state index contributed by atoms with van der Waals surface area (Å²) in [5, 5.41) is 2.70. The maximum absolute atomic E-state index is 13.1. The molecule has 0 radical (unpaired) electrons. The van der Waals surface area contributed by atoms with E-state index in [2.05, 4.69) is 4.98 Å². The summed E-state index contributed by atoms with van der Waals surface area (Å²) in [5.74, 6) is 2.15. The molecule has 6 heteroatoms. The summed E-state index contributed by atoms with van der Waals surface area (Å²) < 4.78 is 23.1. The van der Waals surface area contributed by atoms with Crippen molar-refractivity contribution in [2.75, 3.05) is 21.3 Å². The second-order valence-electron chi connectivity index (χ2n) is 6.90. The topological polar surface area (TPSA) is 73.7 Å². The molecule has 0 unspecified atom stereocenters. The summed E-state index contributed by atoms with van der Waals surface area (Å²) >= 11 is 0. The van der Waals surface area contributed by atoms with Gasteiger partial charge in [0.1, 0.15) is 23.0 Å². The summed E-state index contributed by atoms with van der Waals surface area (Å²) in [6.07, 6.45) is 1.85. The fourth-order valence-electron chi connectivity index (χ4n) is 3.97. The van der Waals surface area contributed by atoms with Gasteiger partial charge in [0.05, 0.1) is 37.5 Å². The lowest BCUT2D eigenvalue weighted by Gasteiger charge is -2.15. The van der Waals surface area contributed by atoms with E-state index < -0.39 is 0 Å². The van der Waals surface area contributed by atoms with Crippen molar-refractivity contribution in [3.05, 3.63) is 65.0 Å². The number of fused-ring (bicyclic) bond motifs is 4. The van der Waals surface area contributed by atoms with Crippen molar-refractivity contribution in [2.24, 2.45) is 0 Å². The molecule has 0 atom stereocenters. The lowest BCUT2D eigenvalue weighted by Crippen LogP contribution is -2.03. The van der Waals surface area contributed by atoms with E-state index in [4.69, 9.17) is 18.6 Å². The van der Waals surface area contributed by atoms with E-state index in [9.17, 15) is 4.79 Å². The molecule has 150 valence electrons. The Balaban J connectivity index is 1.95. The molecule has 0 aliphatic heterocycles. The van der Waals surface area contributed by atoms with Crippen molar-refractivity contribution in [3.8, 4) is 28.6 Å². The average molecular weight is 401 g/mol. The Morgan fingerprint density at radius 3 is 2.23 bits per heavy atom. The van der Waals surface area contributed by atoms with Crippen molar-refractivity contribution < 1.29 is 18.6 Å². The predicted octanol–water partition coefficient (Wildman–Crippen LogP) is 5.12. The third-order valence-electron chi connectivity index (χ3n) is 5.38. The number of aromatic nitrogens is 1. The minimum atomic E-state index is -0.165. The highest BCUT2D eigenvalue weighted by molar-refractivity contribution is 6.13. The fraction of sp³-hybridized carbons (Fsp3) is 0.125. The SMILES string of the molecule is COc1ccc(OC)c2c1c(OC)cc1c(=O)cc(-c3c[nH]c4ccccc34)oc12. The molecule has 0 saturated carbocycles. The predicted molar refractivity (Wildman–Crippen MR) is 117 cm³/mol. The lowest BCUT2D eigenvalue weighted by molar-refractivity contribution is 0.400. The van der Waals surface area contributed by atoms with Crippen molar-refractivity contribution in [3.63, 3.8) is 0 Å². The van der Waals surface area contributed by atoms with Crippen LogP contribution in [0.3, 0.4) is 0 Å². The number of H-pyrrole nitrogens is 1. The van der Waals surface area contributed by atoms with E-state index in [0.717, 1.165) is 16.5 Å². The molecule has 0 fully saturated rings. The largest absolute Gasteiger partial charge is 0.496 e.